The van der Waals surface area contributed by atoms with Crippen molar-refractivity contribution in [2.45, 2.75) is 13.3 Å². The fraction of sp³-hybridized carbons (Fsp3) is 0.182. The van der Waals surface area contributed by atoms with Crippen molar-refractivity contribution in [3.8, 4) is 11.4 Å². The highest BCUT2D eigenvalue weighted by Gasteiger charge is 2.09. The number of nitrogens with zero attached hydrogens (tertiary/aromatic N) is 2. The van der Waals surface area contributed by atoms with Gasteiger partial charge in [0.25, 0.3) is 0 Å². The van der Waals surface area contributed by atoms with Crippen LogP contribution in [0.15, 0.2) is 36.5 Å². The lowest BCUT2D eigenvalue weighted by molar-refractivity contribution is 0.194. The molecule has 0 unspecified atom stereocenters. The van der Waals surface area contributed by atoms with E-state index in [1.54, 1.807) is 10.8 Å². The van der Waals surface area contributed by atoms with Crippen molar-refractivity contribution < 1.29 is 10.2 Å². The second-order valence-corrected chi connectivity index (χ2v) is 3.17. The van der Waals surface area contributed by atoms with Gasteiger partial charge in [-0.2, -0.15) is 0 Å². The van der Waals surface area contributed by atoms with Crippen LogP contribution in [0.25, 0.3) is 11.4 Å². The normalized spacial score (nSPS) is 10.5. The Bertz CT molecular complexity index is 437. The molecule has 1 heterocycles. The predicted molar refractivity (Wildman–Crippen MR) is 55.8 cm³/mol. The Balaban J connectivity index is 2.49. The maximum absolute atomic E-state index is 9.19. The highest BCUT2D eigenvalue weighted by molar-refractivity contribution is 5.55. The minimum atomic E-state index is -0.180. The van der Waals surface area contributed by atoms with E-state index in [-0.39, 0.29) is 13.3 Å². The number of hydrogen-bond donors (Lipinski definition) is 2. The molecule has 78 valence electrons. The van der Waals surface area contributed by atoms with Gasteiger partial charge in [0.15, 0.2) is 0 Å². The Hall–Kier alpha value is -1.65. The standard InChI is InChI=1S/C11H12N2O2/c14-7-10-6-12-11(13(10)8-15)9-4-2-1-3-5-9/h1-6,14-15H,7-8H2. The van der Waals surface area contributed by atoms with Crippen LogP contribution in [-0.2, 0) is 13.3 Å². The van der Waals surface area contributed by atoms with Crippen LogP contribution in [0.1, 0.15) is 5.69 Å². The van der Waals surface area contributed by atoms with E-state index in [4.69, 9.17) is 5.11 Å². The SMILES string of the molecule is OCc1cnc(-c2ccccc2)n1CO. The third kappa shape index (κ3) is 1.77. The van der Waals surface area contributed by atoms with Crippen molar-refractivity contribution in [3.05, 3.63) is 42.2 Å². The molecule has 0 aliphatic heterocycles. The van der Waals surface area contributed by atoms with Crippen LogP contribution in [0.2, 0.25) is 0 Å². The van der Waals surface area contributed by atoms with Gasteiger partial charge in [-0.15, -0.1) is 0 Å². The van der Waals surface area contributed by atoms with Gasteiger partial charge in [0.1, 0.15) is 12.6 Å². The fourth-order valence-electron chi connectivity index (χ4n) is 1.51. The summed E-state index contributed by atoms with van der Waals surface area (Å²) in [5.74, 6) is 0.669. The third-order valence-electron chi connectivity index (χ3n) is 2.27. The van der Waals surface area contributed by atoms with Gasteiger partial charge in [-0.25, -0.2) is 4.98 Å². The Morgan fingerprint density at radius 2 is 1.87 bits per heavy atom. The molecule has 0 spiro atoms. The summed E-state index contributed by atoms with van der Waals surface area (Å²) in [4.78, 5) is 4.17. The zero-order chi connectivity index (χ0) is 10.7. The van der Waals surface area contributed by atoms with Crippen molar-refractivity contribution in [3.63, 3.8) is 0 Å². The topological polar surface area (TPSA) is 58.3 Å². The summed E-state index contributed by atoms with van der Waals surface area (Å²) < 4.78 is 1.58. The lowest BCUT2D eigenvalue weighted by atomic mass is 10.2. The maximum atomic E-state index is 9.19. The van der Waals surface area contributed by atoms with Gasteiger partial charge in [-0.1, -0.05) is 30.3 Å². The Morgan fingerprint density at radius 1 is 1.13 bits per heavy atom. The van der Waals surface area contributed by atoms with Crippen LogP contribution >= 0.6 is 0 Å². The molecule has 0 aliphatic rings. The average molecular weight is 204 g/mol. The molecule has 0 amide bonds. The van der Waals surface area contributed by atoms with Crippen molar-refractivity contribution in [1.29, 1.82) is 0 Å². The molecule has 0 saturated heterocycles. The number of aliphatic hydroxyl groups excluding tert-OH is 2. The van der Waals surface area contributed by atoms with Crippen molar-refractivity contribution in [2.24, 2.45) is 0 Å². The maximum Gasteiger partial charge on any atom is 0.142 e. The molecule has 1 aromatic heterocycles. The monoisotopic (exact) mass is 204 g/mol. The van der Waals surface area contributed by atoms with Gasteiger partial charge in [0.05, 0.1) is 18.5 Å². The number of hydrogen-bond acceptors (Lipinski definition) is 3. The Morgan fingerprint density at radius 3 is 2.47 bits per heavy atom. The summed E-state index contributed by atoms with van der Waals surface area (Å²) >= 11 is 0. The van der Waals surface area contributed by atoms with Crippen LogP contribution in [0, 0.1) is 0 Å². The molecular weight excluding hydrogens is 192 g/mol. The van der Waals surface area contributed by atoms with E-state index < -0.39 is 0 Å². The van der Waals surface area contributed by atoms with E-state index in [0.717, 1.165) is 5.56 Å². The highest BCUT2D eigenvalue weighted by atomic mass is 16.3. The zero-order valence-corrected chi connectivity index (χ0v) is 8.17. The molecule has 0 saturated carbocycles. The van der Waals surface area contributed by atoms with Gasteiger partial charge in [0.2, 0.25) is 0 Å². The first-order chi connectivity index (χ1) is 7.36. The van der Waals surface area contributed by atoms with E-state index in [2.05, 4.69) is 4.98 Å². The molecule has 1 aromatic carbocycles. The molecular formula is C11H12N2O2. The lowest BCUT2D eigenvalue weighted by Gasteiger charge is -2.06. The minimum absolute atomic E-state index is 0.125. The smallest absolute Gasteiger partial charge is 0.142 e. The van der Waals surface area contributed by atoms with Crippen molar-refractivity contribution in [1.82, 2.24) is 9.55 Å². The molecule has 15 heavy (non-hydrogen) atoms. The molecule has 2 N–H and O–H groups in total. The van der Waals surface area contributed by atoms with Gasteiger partial charge < -0.3 is 14.8 Å². The van der Waals surface area contributed by atoms with E-state index in [0.29, 0.717) is 11.5 Å². The van der Waals surface area contributed by atoms with E-state index >= 15 is 0 Å². The van der Waals surface area contributed by atoms with E-state index in [1.807, 2.05) is 30.3 Å². The van der Waals surface area contributed by atoms with Crippen LogP contribution in [0.5, 0.6) is 0 Å². The van der Waals surface area contributed by atoms with Gasteiger partial charge in [-0.05, 0) is 0 Å². The molecule has 4 heteroatoms. The first-order valence-electron chi connectivity index (χ1n) is 4.68. The molecule has 2 rings (SSSR count). The average Bonchev–Trinajstić information content (AvgIpc) is 2.72. The van der Waals surface area contributed by atoms with Crippen molar-refractivity contribution in [2.75, 3.05) is 0 Å². The summed E-state index contributed by atoms with van der Waals surface area (Å²) in [5.41, 5.74) is 1.53. The molecule has 0 aliphatic carbocycles. The molecule has 0 atom stereocenters. The van der Waals surface area contributed by atoms with Crippen molar-refractivity contribution >= 4 is 0 Å². The molecule has 0 radical (unpaired) electrons. The number of imidazole rings is 1. The predicted octanol–water partition coefficient (Wildman–Crippen LogP) is 0.992. The highest BCUT2D eigenvalue weighted by Crippen LogP contribution is 2.18. The molecule has 4 nitrogen and oxygen atoms in total. The Kier molecular flexibility index (Phi) is 2.80. The zero-order valence-electron chi connectivity index (χ0n) is 8.17. The summed E-state index contributed by atoms with van der Waals surface area (Å²) in [7, 11) is 0. The second-order valence-electron chi connectivity index (χ2n) is 3.17. The van der Waals surface area contributed by atoms with Crippen LogP contribution < -0.4 is 0 Å². The minimum Gasteiger partial charge on any atom is -0.390 e. The van der Waals surface area contributed by atoms with Gasteiger partial charge in [0, 0.05) is 5.56 Å². The molecule has 2 aromatic rings. The summed E-state index contributed by atoms with van der Waals surface area (Å²) in [6.45, 7) is -0.305. The van der Waals surface area contributed by atoms with Gasteiger partial charge >= 0.3 is 0 Å². The Labute approximate surface area is 87.4 Å². The number of benzene rings is 1. The summed E-state index contributed by atoms with van der Waals surface area (Å²) in [6.07, 6.45) is 1.57. The van der Waals surface area contributed by atoms with Crippen LogP contribution in [0.4, 0.5) is 0 Å². The molecule has 0 fully saturated rings. The quantitative estimate of drug-likeness (QED) is 0.784. The number of aromatic nitrogens is 2. The van der Waals surface area contributed by atoms with Crippen LogP contribution in [-0.4, -0.2) is 19.8 Å². The first-order valence-corrected chi connectivity index (χ1v) is 4.68. The third-order valence-corrected chi connectivity index (χ3v) is 2.27. The lowest BCUT2D eigenvalue weighted by Crippen LogP contribution is -2.04. The van der Waals surface area contributed by atoms with E-state index in [1.165, 1.54) is 0 Å². The van der Waals surface area contributed by atoms with E-state index in [9.17, 15) is 5.11 Å². The summed E-state index contributed by atoms with van der Waals surface area (Å²) in [6, 6.07) is 9.56. The second kappa shape index (κ2) is 4.25. The van der Waals surface area contributed by atoms with Gasteiger partial charge in [-0.3, -0.25) is 0 Å². The molecule has 0 bridgehead atoms. The fourth-order valence-corrected chi connectivity index (χ4v) is 1.51. The largest absolute Gasteiger partial charge is 0.390 e. The number of aliphatic hydroxyl groups is 2. The number of rotatable bonds is 3. The summed E-state index contributed by atoms with van der Waals surface area (Å²) in [5, 5.41) is 18.2. The van der Waals surface area contributed by atoms with Crippen LogP contribution in [0.3, 0.4) is 0 Å². The first kappa shape index (κ1) is 9.89.